The molecule has 18 heavy (non-hydrogen) atoms. The fourth-order valence-corrected chi connectivity index (χ4v) is 1.49. The largest absolute Gasteiger partial charge is 0.457 e. The second-order valence-electron chi connectivity index (χ2n) is 3.66. The smallest absolute Gasteiger partial charge is 0.133 e. The van der Waals surface area contributed by atoms with Crippen molar-refractivity contribution in [3.05, 3.63) is 59.4 Å². The highest BCUT2D eigenvalue weighted by Crippen LogP contribution is 2.25. The lowest BCUT2D eigenvalue weighted by Gasteiger charge is -2.07. The molecule has 2 nitrogen and oxygen atoms in total. The van der Waals surface area contributed by atoms with Gasteiger partial charge in [-0.25, -0.2) is 13.2 Å². The maximum Gasteiger partial charge on any atom is 0.133 e. The minimum absolute atomic E-state index is 0.0593. The summed E-state index contributed by atoms with van der Waals surface area (Å²) in [4.78, 5) is 0. The number of rotatable bonds is 3. The number of hydrogen-bond donors (Lipinski definition) is 1. The third-order valence-electron chi connectivity index (χ3n) is 2.19. The second kappa shape index (κ2) is 5.10. The minimum Gasteiger partial charge on any atom is -0.457 e. The monoisotopic (exact) mass is 254 g/mol. The average Bonchev–Trinajstić information content (AvgIpc) is 2.26. The maximum absolute atomic E-state index is 13.1. The number of aliphatic hydroxyl groups is 1. The number of aliphatic hydroxyl groups excluding tert-OH is 1. The molecule has 0 amide bonds. The Balaban J connectivity index is 2.30. The van der Waals surface area contributed by atoms with Crippen molar-refractivity contribution < 1.29 is 23.0 Å². The van der Waals surface area contributed by atoms with E-state index < -0.39 is 17.5 Å². The summed E-state index contributed by atoms with van der Waals surface area (Å²) < 4.78 is 44.1. The Kier molecular flexibility index (Phi) is 3.53. The van der Waals surface area contributed by atoms with Gasteiger partial charge in [0.25, 0.3) is 0 Å². The molecular formula is C13H9F3O2. The van der Waals surface area contributed by atoms with E-state index in [9.17, 15) is 13.2 Å². The first-order valence-electron chi connectivity index (χ1n) is 5.11. The highest BCUT2D eigenvalue weighted by molar-refractivity contribution is 5.34. The van der Waals surface area contributed by atoms with Crippen LogP contribution < -0.4 is 4.74 Å². The third-order valence-corrected chi connectivity index (χ3v) is 2.19. The van der Waals surface area contributed by atoms with Crippen LogP contribution in [0.15, 0.2) is 36.4 Å². The second-order valence-corrected chi connectivity index (χ2v) is 3.66. The molecule has 2 aromatic rings. The van der Waals surface area contributed by atoms with E-state index in [0.29, 0.717) is 11.6 Å². The predicted molar refractivity (Wildman–Crippen MR) is 58.8 cm³/mol. The quantitative estimate of drug-likeness (QED) is 0.909. The van der Waals surface area contributed by atoms with Gasteiger partial charge in [-0.05, 0) is 17.7 Å². The van der Waals surface area contributed by atoms with Crippen LogP contribution in [0, 0.1) is 17.5 Å². The lowest BCUT2D eigenvalue weighted by Crippen LogP contribution is -1.91. The van der Waals surface area contributed by atoms with Crippen LogP contribution in [0.4, 0.5) is 13.2 Å². The molecule has 1 N–H and O–H groups in total. The van der Waals surface area contributed by atoms with Gasteiger partial charge in [-0.2, -0.15) is 0 Å². The average molecular weight is 254 g/mol. The normalized spacial score (nSPS) is 10.4. The molecule has 2 rings (SSSR count). The van der Waals surface area contributed by atoms with Gasteiger partial charge in [-0.3, -0.25) is 0 Å². The van der Waals surface area contributed by atoms with Crippen LogP contribution in [0.3, 0.4) is 0 Å². The number of benzene rings is 2. The van der Waals surface area contributed by atoms with E-state index in [2.05, 4.69) is 0 Å². The molecule has 5 heteroatoms. The van der Waals surface area contributed by atoms with Crippen LogP contribution in [0.25, 0.3) is 0 Å². The molecule has 0 aliphatic heterocycles. The topological polar surface area (TPSA) is 29.5 Å². The van der Waals surface area contributed by atoms with E-state index in [0.717, 1.165) is 24.3 Å². The summed E-state index contributed by atoms with van der Waals surface area (Å²) in [5, 5.41) is 8.90. The summed E-state index contributed by atoms with van der Waals surface area (Å²) in [6, 6.07) is 6.24. The zero-order valence-corrected chi connectivity index (χ0v) is 9.16. The van der Waals surface area contributed by atoms with Crippen molar-refractivity contribution in [2.24, 2.45) is 0 Å². The van der Waals surface area contributed by atoms with Gasteiger partial charge in [0.2, 0.25) is 0 Å². The molecule has 0 heterocycles. The lowest BCUT2D eigenvalue weighted by molar-refractivity contribution is 0.280. The summed E-state index contributed by atoms with van der Waals surface area (Å²) in [5.74, 6) is -2.20. The Morgan fingerprint density at radius 2 is 1.28 bits per heavy atom. The first-order valence-corrected chi connectivity index (χ1v) is 5.11. The fourth-order valence-electron chi connectivity index (χ4n) is 1.49. The Morgan fingerprint density at radius 1 is 0.778 bits per heavy atom. The first-order chi connectivity index (χ1) is 8.56. The summed E-state index contributed by atoms with van der Waals surface area (Å²) in [5.41, 5.74) is 0.307. The molecule has 0 aliphatic rings. The number of halogens is 3. The SMILES string of the molecule is OCc1cc(F)cc(Oc2cc(F)cc(F)c2)c1. The highest BCUT2D eigenvalue weighted by atomic mass is 19.1. The zero-order valence-electron chi connectivity index (χ0n) is 9.16. The van der Waals surface area contributed by atoms with E-state index in [1.807, 2.05) is 0 Å². The van der Waals surface area contributed by atoms with Crippen molar-refractivity contribution in [1.82, 2.24) is 0 Å². The Bertz CT molecular complexity index is 550. The molecular weight excluding hydrogens is 245 g/mol. The van der Waals surface area contributed by atoms with Gasteiger partial charge in [-0.1, -0.05) is 0 Å². The molecule has 0 saturated heterocycles. The maximum atomic E-state index is 13.1. The zero-order chi connectivity index (χ0) is 13.1. The van der Waals surface area contributed by atoms with Crippen LogP contribution >= 0.6 is 0 Å². The first kappa shape index (κ1) is 12.4. The van der Waals surface area contributed by atoms with E-state index in [4.69, 9.17) is 9.84 Å². The number of hydrogen-bond acceptors (Lipinski definition) is 2. The molecule has 0 unspecified atom stereocenters. The van der Waals surface area contributed by atoms with Gasteiger partial charge >= 0.3 is 0 Å². The van der Waals surface area contributed by atoms with E-state index in [1.54, 1.807) is 0 Å². The van der Waals surface area contributed by atoms with Crippen molar-refractivity contribution in [2.45, 2.75) is 6.61 Å². The molecule has 0 bridgehead atoms. The molecule has 94 valence electrons. The van der Waals surface area contributed by atoms with Gasteiger partial charge < -0.3 is 9.84 Å². The van der Waals surface area contributed by atoms with Gasteiger partial charge in [0, 0.05) is 24.3 Å². The highest BCUT2D eigenvalue weighted by Gasteiger charge is 2.05. The van der Waals surface area contributed by atoms with Crippen molar-refractivity contribution in [3.63, 3.8) is 0 Å². The molecule has 0 aliphatic carbocycles. The van der Waals surface area contributed by atoms with Gasteiger partial charge in [0.1, 0.15) is 29.0 Å². The van der Waals surface area contributed by atoms with Gasteiger partial charge in [-0.15, -0.1) is 0 Å². The molecule has 0 radical (unpaired) electrons. The fraction of sp³-hybridized carbons (Fsp3) is 0.0769. The Hall–Kier alpha value is -2.01. The molecule has 0 aromatic heterocycles. The van der Waals surface area contributed by atoms with Crippen LogP contribution in [0.1, 0.15) is 5.56 Å². The van der Waals surface area contributed by atoms with Crippen molar-refractivity contribution in [3.8, 4) is 11.5 Å². The van der Waals surface area contributed by atoms with Crippen LogP contribution in [0.5, 0.6) is 11.5 Å². The van der Waals surface area contributed by atoms with Crippen molar-refractivity contribution in [1.29, 1.82) is 0 Å². The predicted octanol–water partition coefficient (Wildman–Crippen LogP) is 3.39. The summed E-state index contributed by atoms with van der Waals surface area (Å²) in [6.07, 6.45) is 0. The van der Waals surface area contributed by atoms with Crippen LogP contribution in [-0.2, 0) is 6.61 Å². The molecule has 0 saturated carbocycles. The molecule has 0 atom stereocenters. The van der Waals surface area contributed by atoms with E-state index in [1.165, 1.54) is 6.07 Å². The lowest BCUT2D eigenvalue weighted by atomic mass is 10.2. The summed E-state index contributed by atoms with van der Waals surface area (Å²) in [6.45, 7) is -0.356. The van der Waals surface area contributed by atoms with Gasteiger partial charge in [0.05, 0.1) is 6.61 Å². The molecule has 0 fully saturated rings. The Morgan fingerprint density at radius 3 is 1.83 bits per heavy atom. The third kappa shape index (κ3) is 3.01. The molecule has 2 aromatic carbocycles. The van der Waals surface area contributed by atoms with Crippen molar-refractivity contribution >= 4 is 0 Å². The number of ether oxygens (including phenoxy) is 1. The standard InChI is InChI=1S/C13H9F3O2/c14-9-1-8(7-17)2-12(4-9)18-13-5-10(15)3-11(16)6-13/h1-6,17H,7H2. The van der Waals surface area contributed by atoms with E-state index in [-0.39, 0.29) is 18.1 Å². The van der Waals surface area contributed by atoms with Crippen molar-refractivity contribution in [2.75, 3.05) is 0 Å². The van der Waals surface area contributed by atoms with Gasteiger partial charge in [0.15, 0.2) is 0 Å². The summed E-state index contributed by atoms with van der Waals surface area (Å²) in [7, 11) is 0. The minimum atomic E-state index is -0.788. The van der Waals surface area contributed by atoms with Crippen LogP contribution in [-0.4, -0.2) is 5.11 Å². The van der Waals surface area contributed by atoms with E-state index >= 15 is 0 Å². The Labute approximate surface area is 101 Å². The van der Waals surface area contributed by atoms with Crippen LogP contribution in [0.2, 0.25) is 0 Å². The summed E-state index contributed by atoms with van der Waals surface area (Å²) >= 11 is 0. The molecule has 0 spiro atoms.